The number of esters is 2. The maximum absolute atomic E-state index is 15.0. The van der Waals surface area contributed by atoms with Crippen molar-refractivity contribution in [2.75, 3.05) is 13.7 Å². The number of carbonyl (C=O) groups excluding carboxylic acids is 3. The maximum atomic E-state index is 15.0. The fraction of sp³-hybridized carbons (Fsp3) is 0.435. The second kappa shape index (κ2) is 9.22. The van der Waals surface area contributed by atoms with E-state index in [1.807, 2.05) is 6.92 Å². The largest absolute Gasteiger partial charge is 0.468 e. The molecule has 0 aromatic heterocycles. The Morgan fingerprint density at radius 2 is 2.03 bits per heavy atom. The van der Waals surface area contributed by atoms with Crippen molar-refractivity contribution in [2.45, 2.75) is 39.5 Å². The minimum Gasteiger partial charge on any atom is -0.468 e. The Morgan fingerprint density at radius 3 is 2.65 bits per heavy atom. The Balaban J connectivity index is 2.23. The fourth-order valence-electron chi connectivity index (χ4n) is 4.30. The van der Waals surface area contributed by atoms with E-state index < -0.39 is 35.4 Å². The first-order chi connectivity index (χ1) is 14.7. The molecule has 3 atom stereocenters. The molecule has 0 amide bonds. The lowest BCUT2D eigenvalue weighted by molar-refractivity contribution is -0.151. The van der Waals surface area contributed by atoms with Crippen molar-refractivity contribution in [2.24, 2.45) is 11.8 Å². The molecule has 8 heteroatoms. The van der Waals surface area contributed by atoms with Gasteiger partial charge in [-0.05, 0) is 37.8 Å². The summed E-state index contributed by atoms with van der Waals surface area (Å²) < 4.78 is 25.2. The first-order valence-corrected chi connectivity index (χ1v) is 10.5. The minimum absolute atomic E-state index is 0.00693. The Hall–Kier alpha value is -2.67. The van der Waals surface area contributed by atoms with Gasteiger partial charge in [0.15, 0.2) is 5.78 Å². The maximum Gasteiger partial charge on any atom is 0.336 e. The van der Waals surface area contributed by atoms with Crippen LogP contribution in [0.1, 0.15) is 45.1 Å². The molecule has 1 aliphatic heterocycles. The molecule has 1 heterocycles. The third-order valence-electron chi connectivity index (χ3n) is 5.69. The number of dihydropyridines is 1. The van der Waals surface area contributed by atoms with E-state index in [1.165, 1.54) is 25.3 Å². The molecule has 1 N–H and O–H groups in total. The Kier molecular flexibility index (Phi) is 6.84. The number of ketones is 1. The molecule has 1 aromatic rings. The number of Topliss-reactive ketones (excluding diaryl/α,β-unsaturated/α-hetero) is 1. The summed E-state index contributed by atoms with van der Waals surface area (Å²) in [7, 11) is 1.22. The zero-order valence-corrected chi connectivity index (χ0v) is 18.6. The summed E-state index contributed by atoms with van der Waals surface area (Å²) in [5.41, 5.74) is 1.26. The van der Waals surface area contributed by atoms with Gasteiger partial charge < -0.3 is 14.8 Å². The van der Waals surface area contributed by atoms with Crippen LogP contribution in [-0.4, -0.2) is 31.4 Å². The molecular weight excluding hydrogens is 425 g/mol. The third kappa shape index (κ3) is 4.11. The van der Waals surface area contributed by atoms with Gasteiger partial charge in [0.1, 0.15) is 11.7 Å². The highest BCUT2D eigenvalue weighted by molar-refractivity contribution is 6.31. The van der Waals surface area contributed by atoms with Gasteiger partial charge in [0.25, 0.3) is 0 Å². The first-order valence-electron chi connectivity index (χ1n) is 10.2. The van der Waals surface area contributed by atoms with Crippen LogP contribution in [0.5, 0.6) is 0 Å². The van der Waals surface area contributed by atoms with E-state index in [2.05, 4.69) is 5.32 Å². The number of hydrogen-bond acceptors (Lipinski definition) is 6. The normalized spacial score (nSPS) is 23.3. The summed E-state index contributed by atoms with van der Waals surface area (Å²) in [5.74, 6) is -4.96. The number of ether oxygens (including phenoxy) is 2. The second-order valence-corrected chi connectivity index (χ2v) is 8.21. The van der Waals surface area contributed by atoms with Crippen LogP contribution < -0.4 is 5.32 Å². The van der Waals surface area contributed by atoms with Crippen LogP contribution in [0, 0.1) is 17.7 Å². The molecule has 0 unspecified atom stereocenters. The van der Waals surface area contributed by atoms with Crippen LogP contribution in [0.3, 0.4) is 0 Å². The first kappa shape index (κ1) is 23.0. The van der Waals surface area contributed by atoms with Gasteiger partial charge in [-0.1, -0.05) is 31.5 Å². The van der Waals surface area contributed by atoms with Crippen LogP contribution in [0.25, 0.3) is 0 Å². The summed E-state index contributed by atoms with van der Waals surface area (Å²) in [6.07, 6.45) is 0.962. The Bertz CT molecular complexity index is 979. The standard InChI is InChI=1S/C23H25ClFNO5/c1-5-9-31-23(29)17-12(3)26-15-10-11(2)16(22(28)30-4)21(27)19(15)20(17)18-13(24)7-6-8-14(18)25/h6-8,11,16,20,26H,5,9-10H2,1-4H3/t11-,16-,20-/m0/s1. The van der Waals surface area contributed by atoms with Crippen LogP contribution in [0.4, 0.5) is 4.39 Å². The van der Waals surface area contributed by atoms with Crippen molar-refractivity contribution in [3.63, 3.8) is 0 Å². The van der Waals surface area contributed by atoms with Crippen molar-refractivity contribution in [1.29, 1.82) is 0 Å². The lowest BCUT2D eigenvalue weighted by atomic mass is 9.69. The van der Waals surface area contributed by atoms with Crippen LogP contribution in [0.2, 0.25) is 5.02 Å². The number of methoxy groups -OCH3 is 1. The zero-order valence-electron chi connectivity index (χ0n) is 17.9. The molecular formula is C23H25ClFNO5. The van der Waals surface area contributed by atoms with Crippen molar-refractivity contribution in [1.82, 2.24) is 5.32 Å². The third-order valence-corrected chi connectivity index (χ3v) is 6.02. The predicted octanol–water partition coefficient (Wildman–Crippen LogP) is 4.05. The van der Waals surface area contributed by atoms with Crippen LogP contribution in [0.15, 0.2) is 40.7 Å². The molecule has 2 aliphatic rings. The SMILES string of the molecule is CCCOC(=O)C1=C(C)NC2=C(C(=O)[C@@H](C(=O)OC)[C@@H](C)C2)[C@@H]1c1c(F)cccc1Cl. The van der Waals surface area contributed by atoms with E-state index in [0.717, 1.165) is 0 Å². The van der Waals surface area contributed by atoms with Gasteiger partial charge >= 0.3 is 11.9 Å². The lowest BCUT2D eigenvalue weighted by Gasteiger charge is -2.38. The van der Waals surface area contributed by atoms with E-state index >= 15 is 4.39 Å². The molecule has 0 radical (unpaired) electrons. The highest BCUT2D eigenvalue weighted by Gasteiger charge is 2.48. The molecule has 0 fully saturated rings. The fourth-order valence-corrected chi connectivity index (χ4v) is 4.57. The molecule has 1 aliphatic carbocycles. The number of halogens is 2. The molecule has 3 rings (SSSR count). The van der Waals surface area contributed by atoms with E-state index in [1.54, 1.807) is 13.8 Å². The van der Waals surface area contributed by atoms with E-state index in [0.29, 0.717) is 24.2 Å². The second-order valence-electron chi connectivity index (χ2n) is 7.81. The van der Waals surface area contributed by atoms with Gasteiger partial charge in [0.2, 0.25) is 0 Å². The quantitative estimate of drug-likeness (QED) is 0.539. The number of benzene rings is 1. The van der Waals surface area contributed by atoms with Gasteiger partial charge in [-0.25, -0.2) is 9.18 Å². The van der Waals surface area contributed by atoms with Gasteiger partial charge in [-0.2, -0.15) is 0 Å². The van der Waals surface area contributed by atoms with Gasteiger partial charge in [-0.15, -0.1) is 0 Å². The highest BCUT2D eigenvalue weighted by atomic mass is 35.5. The van der Waals surface area contributed by atoms with E-state index in [4.69, 9.17) is 21.1 Å². The number of rotatable bonds is 5. The van der Waals surface area contributed by atoms with Crippen molar-refractivity contribution in [3.05, 3.63) is 57.1 Å². The van der Waals surface area contributed by atoms with Crippen molar-refractivity contribution < 1.29 is 28.2 Å². The molecule has 1 aromatic carbocycles. The smallest absolute Gasteiger partial charge is 0.336 e. The highest BCUT2D eigenvalue weighted by Crippen LogP contribution is 2.47. The molecule has 0 bridgehead atoms. The Morgan fingerprint density at radius 1 is 1.32 bits per heavy atom. The monoisotopic (exact) mass is 449 g/mol. The summed E-state index contributed by atoms with van der Waals surface area (Å²) in [5, 5.41) is 3.20. The van der Waals surface area contributed by atoms with Crippen molar-refractivity contribution in [3.8, 4) is 0 Å². The molecule has 0 saturated carbocycles. The van der Waals surface area contributed by atoms with E-state index in [-0.39, 0.29) is 34.3 Å². The van der Waals surface area contributed by atoms with Gasteiger partial charge in [-0.3, -0.25) is 9.59 Å². The lowest BCUT2D eigenvalue weighted by Crippen LogP contribution is -2.43. The average molecular weight is 450 g/mol. The predicted molar refractivity (Wildman–Crippen MR) is 113 cm³/mol. The molecule has 6 nitrogen and oxygen atoms in total. The zero-order chi connectivity index (χ0) is 22.9. The van der Waals surface area contributed by atoms with Gasteiger partial charge in [0, 0.05) is 27.6 Å². The van der Waals surface area contributed by atoms with Crippen LogP contribution >= 0.6 is 11.6 Å². The summed E-state index contributed by atoms with van der Waals surface area (Å²) >= 11 is 6.36. The summed E-state index contributed by atoms with van der Waals surface area (Å²) in [4.78, 5) is 38.9. The Labute approximate surface area is 185 Å². The van der Waals surface area contributed by atoms with E-state index in [9.17, 15) is 14.4 Å². The average Bonchev–Trinajstić information content (AvgIpc) is 2.71. The number of hydrogen-bond donors (Lipinski definition) is 1. The molecule has 0 spiro atoms. The number of allylic oxidation sites excluding steroid dienone is 3. The molecule has 31 heavy (non-hydrogen) atoms. The van der Waals surface area contributed by atoms with Gasteiger partial charge in [0.05, 0.1) is 25.2 Å². The van der Waals surface area contributed by atoms with Crippen molar-refractivity contribution >= 4 is 29.3 Å². The molecule has 0 saturated heterocycles. The number of nitrogens with one attached hydrogen (secondary N) is 1. The number of carbonyl (C=O) groups is 3. The minimum atomic E-state index is -1.10. The summed E-state index contributed by atoms with van der Waals surface area (Å²) in [6, 6.07) is 4.17. The van der Waals surface area contributed by atoms with Crippen LogP contribution in [-0.2, 0) is 23.9 Å². The molecule has 166 valence electrons. The summed E-state index contributed by atoms with van der Waals surface area (Å²) in [6.45, 7) is 5.48. The topological polar surface area (TPSA) is 81.7 Å².